The molecule has 3 rings (SSSR count). The van der Waals surface area contributed by atoms with Gasteiger partial charge in [0, 0.05) is 23.3 Å². The SMILES string of the molecule is Cc1cc(C)c(NC(=O)CN(C)C(=O)Cn2nnc(-c3ccc(Cl)cc3)n2)c(C)c1. The number of aryl methyl sites for hydroxylation is 3. The van der Waals surface area contributed by atoms with E-state index in [1.54, 1.807) is 31.3 Å². The molecule has 3 aromatic rings. The van der Waals surface area contributed by atoms with Gasteiger partial charge in [-0.25, -0.2) is 0 Å². The third-order valence-electron chi connectivity index (χ3n) is 4.58. The molecule has 9 heteroatoms. The summed E-state index contributed by atoms with van der Waals surface area (Å²) in [4.78, 5) is 27.4. The normalized spacial score (nSPS) is 10.7. The van der Waals surface area contributed by atoms with Crippen molar-refractivity contribution in [1.29, 1.82) is 0 Å². The number of rotatable bonds is 6. The lowest BCUT2D eigenvalue weighted by Crippen LogP contribution is -2.37. The fraction of sp³-hybridized carbons (Fsp3) is 0.286. The molecule has 0 aliphatic rings. The highest BCUT2D eigenvalue weighted by Crippen LogP contribution is 2.22. The summed E-state index contributed by atoms with van der Waals surface area (Å²) in [6.45, 7) is 5.70. The Labute approximate surface area is 179 Å². The summed E-state index contributed by atoms with van der Waals surface area (Å²) < 4.78 is 0. The smallest absolute Gasteiger partial charge is 0.246 e. The molecule has 0 spiro atoms. The van der Waals surface area contributed by atoms with E-state index in [0.29, 0.717) is 10.8 Å². The highest BCUT2D eigenvalue weighted by molar-refractivity contribution is 6.30. The number of benzene rings is 2. The van der Waals surface area contributed by atoms with Gasteiger partial charge in [-0.1, -0.05) is 29.3 Å². The minimum atomic E-state index is -0.303. The van der Waals surface area contributed by atoms with Gasteiger partial charge in [-0.05, 0) is 61.4 Å². The van der Waals surface area contributed by atoms with Crippen molar-refractivity contribution in [3.8, 4) is 11.4 Å². The first-order valence-electron chi connectivity index (χ1n) is 9.38. The number of tetrazole rings is 1. The van der Waals surface area contributed by atoms with Crippen LogP contribution in [0.15, 0.2) is 36.4 Å². The molecule has 0 aliphatic heterocycles. The molecule has 0 saturated carbocycles. The number of carbonyl (C=O) groups is 2. The van der Waals surface area contributed by atoms with Gasteiger partial charge in [-0.15, -0.1) is 10.2 Å². The van der Waals surface area contributed by atoms with Gasteiger partial charge in [0.1, 0.15) is 6.54 Å². The Balaban J connectivity index is 1.58. The third kappa shape index (κ3) is 5.21. The van der Waals surface area contributed by atoms with E-state index in [4.69, 9.17) is 11.6 Å². The molecule has 2 aromatic carbocycles. The Bertz CT molecular complexity index is 1050. The fourth-order valence-electron chi connectivity index (χ4n) is 3.13. The van der Waals surface area contributed by atoms with Gasteiger partial charge in [0.15, 0.2) is 0 Å². The Morgan fingerprint density at radius 3 is 2.37 bits per heavy atom. The van der Waals surface area contributed by atoms with E-state index in [2.05, 4.69) is 20.7 Å². The van der Waals surface area contributed by atoms with E-state index in [0.717, 1.165) is 27.9 Å². The molecule has 1 N–H and O–H groups in total. The van der Waals surface area contributed by atoms with Gasteiger partial charge in [-0.3, -0.25) is 9.59 Å². The van der Waals surface area contributed by atoms with E-state index in [-0.39, 0.29) is 24.9 Å². The number of nitrogens with zero attached hydrogens (tertiary/aromatic N) is 5. The maximum atomic E-state index is 12.5. The predicted octanol–water partition coefficient (Wildman–Crippen LogP) is 3.02. The van der Waals surface area contributed by atoms with Crippen LogP contribution in [0.3, 0.4) is 0 Å². The molecule has 30 heavy (non-hydrogen) atoms. The largest absolute Gasteiger partial charge is 0.335 e. The van der Waals surface area contributed by atoms with Crippen molar-refractivity contribution in [1.82, 2.24) is 25.1 Å². The van der Waals surface area contributed by atoms with Crippen LogP contribution >= 0.6 is 11.6 Å². The lowest BCUT2D eigenvalue weighted by molar-refractivity contribution is -0.134. The van der Waals surface area contributed by atoms with Crippen molar-refractivity contribution >= 4 is 29.1 Å². The number of halogens is 1. The van der Waals surface area contributed by atoms with Crippen LogP contribution in [-0.4, -0.2) is 50.5 Å². The lowest BCUT2D eigenvalue weighted by Gasteiger charge is -2.18. The van der Waals surface area contributed by atoms with Crippen molar-refractivity contribution in [2.24, 2.45) is 0 Å². The third-order valence-corrected chi connectivity index (χ3v) is 4.83. The Morgan fingerprint density at radius 1 is 1.10 bits per heavy atom. The summed E-state index contributed by atoms with van der Waals surface area (Å²) in [5.74, 6) is -0.179. The number of hydrogen-bond donors (Lipinski definition) is 1. The lowest BCUT2D eigenvalue weighted by atomic mass is 10.1. The first-order valence-corrected chi connectivity index (χ1v) is 9.76. The Hall–Kier alpha value is -3.26. The molecular weight excluding hydrogens is 404 g/mol. The van der Waals surface area contributed by atoms with Crippen LogP contribution in [0.2, 0.25) is 5.02 Å². The van der Waals surface area contributed by atoms with Gasteiger partial charge >= 0.3 is 0 Å². The molecule has 0 unspecified atom stereocenters. The molecule has 1 aromatic heterocycles. The summed E-state index contributed by atoms with van der Waals surface area (Å²) in [6.07, 6.45) is 0. The van der Waals surface area contributed by atoms with Gasteiger partial charge in [0.2, 0.25) is 17.6 Å². The van der Waals surface area contributed by atoms with Gasteiger partial charge in [0.05, 0.1) is 6.54 Å². The van der Waals surface area contributed by atoms with E-state index >= 15 is 0 Å². The number of nitrogens with one attached hydrogen (secondary N) is 1. The molecule has 2 amide bonds. The van der Waals surface area contributed by atoms with Crippen molar-refractivity contribution < 1.29 is 9.59 Å². The van der Waals surface area contributed by atoms with Crippen LogP contribution in [0.5, 0.6) is 0 Å². The van der Waals surface area contributed by atoms with Gasteiger partial charge < -0.3 is 10.2 Å². The molecule has 0 radical (unpaired) electrons. The summed E-state index contributed by atoms with van der Waals surface area (Å²) >= 11 is 5.88. The molecule has 0 bridgehead atoms. The number of amides is 2. The topological polar surface area (TPSA) is 93.0 Å². The number of likely N-dealkylation sites (N-methyl/N-ethyl adjacent to an activating group) is 1. The summed E-state index contributed by atoms with van der Waals surface area (Å²) in [7, 11) is 1.56. The monoisotopic (exact) mass is 426 g/mol. The fourth-order valence-corrected chi connectivity index (χ4v) is 3.25. The summed E-state index contributed by atoms with van der Waals surface area (Å²) in [5, 5.41) is 15.6. The second-order valence-corrected chi connectivity index (χ2v) is 7.66. The second-order valence-electron chi connectivity index (χ2n) is 7.22. The van der Waals surface area contributed by atoms with Crippen molar-refractivity contribution in [2.75, 3.05) is 18.9 Å². The minimum absolute atomic E-state index is 0.0790. The van der Waals surface area contributed by atoms with E-state index in [1.165, 1.54) is 9.70 Å². The molecular formula is C21H23ClN6O2. The predicted molar refractivity (Wildman–Crippen MR) is 115 cm³/mol. The molecule has 8 nitrogen and oxygen atoms in total. The maximum absolute atomic E-state index is 12.5. The molecule has 0 fully saturated rings. The standard InChI is InChI=1S/C21H23ClN6O2/c1-13-9-14(2)20(15(3)10-13)23-18(29)11-27(4)19(30)12-28-25-21(24-26-28)16-5-7-17(22)8-6-16/h5-10H,11-12H2,1-4H3,(H,23,29). The first-order chi connectivity index (χ1) is 14.2. The van der Waals surface area contributed by atoms with Crippen LogP contribution in [0, 0.1) is 20.8 Å². The average Bonchev–Trinajstić information content (AvgIpc) is 3.13. The Kier molecular flexibility index (Phi) is 6.47. The highest BCUT2D eigenvalue weighted by atomic mass is 35.5. The Morgan fingerprint density at radius 2 is 1.73 bits per heavy atom. The van der Waals surface area contributed by atoms with Crippen LogP contribution in [0.25, 0.3) is 11.4 Å². The molecule has 1 heterocycles. The summed E-state index contributed by atoms with van der Waals surface area (Å²) in [6, 6.07) is 11.0. The minimum Gasteiger partial charge on any atom is -0.335 e. The number of hydrogen-bond acceptors (Lipinski definition) is 5. The highest BCUT2D eigenvalue weighted by Gasteiger charge is 2.17. The zero-order chi connectivity index (χ0) is 21.8. The molecule has 0 saturated heterocycles. The maximum Gasteiger partial charge on any atom is 0.246 e. The average molecular weight is 427 g/mol. The molecule has 0 atom stereocenters. The quantitative estimate of drug-likeness (QED) is 0.654. The van der Waals surface area contributed by atoms with Crippen LogP contribution in [0.4, 0.5) is 5.69 Å². The molecule has 0 aliphatic carbocycles. The molecule has 156 valence electrons. The van der Waals surface area contributed by atoms with E-state index in [9.17, 15) is 9.59 Å². The van der Waals surface area contributed by atoms with Crippen LogP contribution < -0.4 is 5.32 Å². The number of carbonyl (C=O) groups excluding carboxylic acids is 2. The van der Waals surface area contributed by atoms with E-state index in [1.807, 2.05) is 32.9 Å². The van der Waals surface area contributed by atoms with Gasteiger partial charge in [-0.2, -0.15) is 4.80 Å². The van der Waals surface area contributed by atoms with Crippen molar-refractivity contribution in [3.63, 3.8) is 0 Å². The van der Waals surface area contributed by atoms with Crippen LogP contribution in [-0.2, 0) is 16.1 Å². The summed E-state index contributed by atoms with van der Waals surface area (Å²) in [5.41, 5.74) is 4.62. The zero-order valence-electron chi connectivity index (χ0n) is 17.3. The van der Waals surface area contributed by atoms with Crippen molar-refractivity contribution in [3.05, 3.63) is 58.1 Å². The first kappa shape index (κ1) is 21.4. The second kappa shape index (κ2) is 9.04. The zero-order valence-corrected chi connectivity index (χ0v) is 18.1. The van der Waals surface area contributed by atoms with Crippen LogP contribution in [0.1, 0.15) is 16.7 Å². The van der Waals surface area contributed by atoms with Crippen molar-refractivity contribution in [2.45, 2.75) is 27.3 Å². The number of anilines is 1. The van der Waals surface area contributed by atoms with Gasteiger partial charge in [0.25, 0.3) is 0 Å². The van der Waals surface area contributed by atoms with E-state index < -0.39 is 0 Å². The number of aromatic nitrogens is 4.